The number of alkyl carbamates (subject to hydrolysis) is 1. The van der Waals surface area contributed by atoms with Gasteiger partial charge in [0.1, 0.15) is 5.60 Å². The van der Waals surface area contributed by atoms with E-state index < -0.39 is 23.8 Å². The van der Waals surface area contributed by atoms with Crippen molar-refractivity contribution in [3.8, 4) is 0 Å². The van der Waals surface area contributed by atoms with Gasteiger partial charge in [0.15, 0.2) is 6.29 Å². The van der Waals surface area contributed by atoms with Crippen molar-refractivity contribution in [1.29, 1.82) is 0 Å². The molecule has 0 aromatic heterocycles. The number of hydrogen-bond donors (Lipinski definition) is 2. The van der Waals surface area contributed by atoms with Crippen molar-refractivity contribution in [2.45, 2.75) is 71.6 Å². The van der Waals surface area contributed by atoms with Gasteiger partial charge < -0.3 is 15.2 Å². The minimum Gasteiger partial charge on any atom is -0.444 e. The number of aryl methyl sites for hydroxylation is 3. The van der Waals surface area contributed by atoms with Crippen molar-refractivity contribution in [2.24, 2.45) is 0 Å². The number of nitrogens with one attached hydrogen (secondary N) is 1. The second kappa shape index (κ2) is 10.4. The molecular weight excluding hydrogens is 378 g/mol. The number of hydrogen-bond acceptors (Lipinski definition) is 4. The molecule has 0 saturated carbocycles. The molecule has 5 heteroatoms. The summed E-state index contributed by atoms with van der Waals surface area (Å²) in [5.74, 6) is 0. The van der Waals surface area contributed by atoms with Crippen LogP contribution in [0.15, 0.2) is 42.5 Å². The number of carbonyl (C=O) groups excluding carboxylic acids is 2. The van der Waals surface area contributed by atoms with Crippen LogP contribution in [0.2, 0.25) is 0 Å². The van der Waals surface area contributed by atoms with Crippen LogP contribution in [0.5, 0.6) is 0 Å². The van der Waals surface area contributed by atoms with Crippen molar-refractivity contribution < 1.29 is 19.4 Å². The zero-order chi connectivity index (χ0) is 22.3. The summed E-state index contributed by atoms with van der Waals surface area (Å²) in [5.41, 5.74) is 3.99. The molecule has 30 heavy (non-hydrogen) atoms. The highest BCUT2D eigenvalue weighted by Gasteiger charge is 2.25. The molecule has 162 valence electrons. The molecule has 2 atom stereocenters. The Morgan fingerprint density at radius 1 is 1.17 bits per heavy atom. The number of aldehydes is 1. The highest BCUT2D eigenvalue weighted by Crippen LogP contribution is 2.19. The lowest BCUT2D eigenvalue weighted by Gasteiger charge is -2.27. The molecule has 0 aliphatic rings. The predicted octanol–water partition coefficient (Wildman–Crippen LogP) is 4.55. The van der Waals surface area contributed by atoms with Crippen LogP contribution in [-0.2, 0) is 17.6 Å². The highest BCUT2D eigenvalue weighted by atomic mass is 16.6. The van der Waals surface area contributed by atoms with E-state index in [1.807, 2.05) is 56.3 Å². The molecule has 0 spiro atoms. The monoisotopic (exact) mass is 411 g/mol. The van der Waals surface area contributed by atoms with Crippen LogP contribution in [-0.4, -0.2) is 35.2 Å². The number of ether oxygens (including phenoxy) is 1. The third-order valence-corrected chi connectivity index (χ3v) is 4.91. The van der Waals surface area contributed by atoms with Gasteiger partial charge in [-0.15, -0.1) is 0 Å². The maximum absolute atomic E-state index is 12.3. The zero-order valence-electron chi connectivity index (χ0n) is 18.6. The number of amides is 1. The predicted molar refractivity (Wildman–Crippen MR) is 119 cm³/mol. The molecule has 2 N–H and O–H groups in total. The van der Waals surface area contributed by atoms with Gasteiger partial charge in [-0.3, -0.25) is 4.79 Å². The Kier molecular flexibility index (Phi) is 8.18. The summed E-state index contributed by atoms with van der Waals surface area (Å²) in [7, 11) is 0. The van der Waals surface area contributed by atoms with Crippen LogP contribution < -0.4 is 5.32 Å². The molecule has 0 aliphatic heterocycles. The third kappa shape index (κ3) is 7.30. The summed E-state index contributed by atoms with van der Waals surface area (Å²) in [4.78, 5) is 23.9. The number of aliphatic hydroxyl groups excluding tert-OH is 1. The Morgan fingerprint density at radius 2 is 1.83 bits per heavy atom. The average molecular weight is 412 g/mol. The standard InChI is InChI=1S/C25H33NO4/c1-17-13-18(2)21(16-27)20(14-17)11-12-23(28)22(15-19-9-7-6-8-10-19)26-24(29)30-25(3,4)5/h6-10,13-14,16,22-23,28H,11-12,15H2,1-5H3,(H,26,29)/t22-,23+/m0/s1. The minimum atomic E-state index is -0.793. The summed E-state index contributed by atoms with van der Waals surface area (Å²) in [6, 6.07) is 13.2. The number of benzene rings is 2. The van der Waals surface area contributed by atoms with Crippen LogP contribution in [0.25, 0.3) is 0 Å². The SMILES string of the molecule is Cc1cc(C)c(C=O)c(CC[C@@H](O)[C@H](Cc2ccccc2)NC(=O)OC(C)(C)C)c1. The Bertz CT molecular complexity index is 855. The molecule has 2 aromatic carbocycles. The smallest absolute Gasteiger partial charge is 0.407 e. The van der Waals surface area contributed by atoms with E-state index >= 15 is 0 Å². The molecule has 0 bridgehead atoms. The zero-order valence-corrected chi connectivity index (χ0v) is 18.6. The molecule has 2 aromatic rings. The molecule has 0 unspecified atom stereocenters. The first-order valence-corrected chi connectivity index (χ1v) is 10.4. The minimum absolute atomic E-state index is 0.414. The molecule has 0 saturated heterocycles. The lowest BCUT2D eigenvalue weighted by molar-refractivity contribution is 0.0414. The van der Waals surface area contributed by atoms with Crippen LogP contribution in [0, 0.1) is 13.8 Å². The van der Waals surface area contributed by atoms with E-state index in [0.29, 0.717) is 24.8 Å². The Labute approximate surface area is 179 Å². The van der Waals surface area contributed by atoms with Crippen molar-refractivity contribution in [3.05, 3.63) is 70.3 Å². The maximum Gasteiger partial charge on any atom is 0.407 e. The average Bonchev–Trinajstić information content (AvgIpc) is 2.64. The summed E-state index contributed by atoms with van der Waals surface area (Å²) in [5, 5.41) is 13.8. The molecule has 2 rings (SSSR count). The fraction of sp³-hybridized carbons (Fsp3) is 0.440. The van der Waals surface area contributed by atoms with Crippen LogP contribution in [0.3, 0.4) is 0 Å². The second-order valence-corrected chi connectivity index (χ2v) is 8.82. The lowest BCUT2D eigenvalue weighted by Crippen LogP contribution is -2.46. The van der Waals surface area contributed by atoms with E-state index in [1.54, 1.807) is 20.8 Å². The maximum atomic E-state index is 12.3. The van der Waals surface area contributed by atoms with Gasteiger partial charge in [0.2, 0.25) is 0 Å². The van der Waals surface area contributed by atoms with Gasteiger partial charge >= 0.3 is 6.09 Å². The first kappa shape index (κ1) is 23.6. The summed E-state index contributed by atoms with van der Waals surface area (Å²) < 4.78 is 5.38. The van der Waals surface area contributed by atoms with E-state index in [1.165, 1.54) is 0 Å². The molecular formula is C25H33NO4. The van der Waals surface area contributed by atoms with E-state index in [-0.39, 0.29) is 0 Å². The van der Waals surface area contributed by atoms with E-state index in [9.17, 15) is 14.7 Å². The van der Waals surface area contributed by atoms with Gasteiger partial charge in [-0.05, 0) is 70.6 Å². The number of rotatable bonds is 8. The molecule has 0 heterocycles. The quantitative estimate of drug-likeness (QED) is 0.625. The highest BCUT2D eigenvalue weighted by molar-refractivity contribution is 5.79. The summed E-state index contributed by atoms with van der Waals surface area (Å²) >= 11 is 0. The molecule has 0 aliphatic carbocycles. The van der Waals surface area contributed by atoms with Crippen molar-refractivity contribution in [1.82, 2.24) is 5.32 Å². The van der Waals surface area contributed by atoms with E-state index in [4.69, 9.17) is 4.74 Å². The number of aliphatic hydroxyl groups is 1. The molecule has 0 radical (unpaired) electrons. The fourth-order valence-corrected chi connectivity index (χ4v) is 3.56. The van der Waals surface area contributed by atoms with Crippen molar-refractivity contribution in [2.75, 3.05) is 0 Å². The van der Waals surface area contributed by atoms with Crippen LogP contribution in [0.1, 0.15) is 59.8 Å². The van der Waals surface area contributed by atoms with Gasteiger partial charge in [-0.1, -0.05) is 48.0 Å². The Hall–Kier alpha value is -2.66. The van der Waals surface area contributed by atoms with E-state index in [2.05, 4.69) is 5.32 Å². The molecule has 1 amide bonds. The van der Waals surface area contributed by atoms with Gasteiger partial charge in [0.25, 0.3) is 0 Å². The van der Waals surface area contributed by atoms with Gasteiger partial charge in [-0.25, -0.2) is 4.79 Å². The summed E-state index contributed by atoms with van der Waals surface area (Å²) in [6.45, 7) is 9.31. The first-order valence-electron chi connectivity index (χ1n) is 10.4. The van der Waals surface area contributed by atoms with Crippen LogP contribution in [0.4, 0.5) is 4.79 Å². The third-order valence-electron chi connectivity index (χ3n) is 4.91. The van der Waals surface area contributed by atoms with Crippen molar-refractivity contribution in [3.63, 3.8) is 0 Å². The Morgan fingerprint density at radius 3 is 2.43 bits per heavy atom. The molecule has 5 nitrogen and oxygen atoms in total. The Balaban J connectivity index is 2.14. The van der Waals surface area contributed by atoms with E-state index in [0.717, 1.165) is 28.5 Å². The van der Waals surface area contributed by atoms with Gasteiger partial charge in [0, 0.05) is 5.56 Å². The number of carbonyl (C=O) groups is 2. The second-order valence-electron chi connectivity index (χ2n) is 8.82. The molecule has 0 fully saturated rings. The van der Waals surface area contributed by atoms with Crippen molar-refractivity contribution >= 4 is 12.4 Å². The summed E-state index contributed by atoms with van der Waals surface area (Å²) in [6.07, 6.45) is 0.960. The topological polar surface area (TPSA) is 75.6 Å². The van der Waals surface area contributed by atoms with Gasteiger partial charge in [-0.2, -0.15) is 0 Å². The van der Waals surface area contributed by atoms with Crippen LogP contribution >= 0.6 is 0 Å². The normalized spacial score (nSPS) is 13.4. The first-order chi connectivity index (χ1) is 14.1. The van der Waals surface area contributed by atoms with Gasteiger partial charge in [0.05, 0.1) is 12.1 Å². The largest absolute Gasteiger partial charge is 0.444 e. The fourth-order valence-electron chi connectivity index (χ4n) is 3.56. The lowest BCUT2D eigenvalue weighted by atomic mass is 9.92.